The maximum Gasteiger partial charge on any atom is 0.313 e. The van der Waals surface area contributed by atoms with Crippen molar-refractivity contribution in [1.29, 1.82) is 0 Å². The molecule has 0 bridgehead atoms. The fraction of sp³-hybridized carbons (Fsp3) is 0.111. The van der Waals surface area contributed by atoms with Gasteiger partial charge in [0.1, 0.15) is 18.3 Å². The van der Waals surface area contributed by atoms with Crippen LogP contribution in [-0.2, 0) is 0 Å². The summed E-state index contributed by atoms with van der Waals surface area (Å²) in [6.07, 6.45) is 2.51. The number of nitro benzene ring substituents is 1. The summed E-state index contributed by atoms with van der Waals surface area (Å²) < 4.78 is 19.6. The van der Waals surface area contributed by atoms with Crippen LogP contribution < -0.4 is 4.74 Å². The zero-order valence-corrected chi connectivity index (χ0v) is 8.70. The van der Waals surface area contributed by atoms with Gasteiger partial charge in [-0.15, -0.1) is 0 Å². The number of benzene rings is 1. The molecule has 0 N–H and O–H groups in total. The van der Waals surface area contributed by atoms with Gasteiger partial charge in [0.25, 0.3) is 0 Å². The van der Waals surface area contributed by atoms with Gasteiger partial charge < -0.3 is 4.74 Å². The van der Waals surface area contributed by atoms with Gasteiger partial charge in [0.05, 0.1) is 18.1 Å². The molecule has 0 spiro atoms. The highest BCUT2D eigenvalue weighted by Gasteiger charge is 2.20. The van der Waals surface area contributed by atoms with Crippen molar-refractivity contribution in [3.8, 4) is 11.4 Å². The number of aromatic nitrogens is 3. The first-order chi connectivity index (χ1) is 8.13. The molecule has 8 heteroatoms. The first kappa shape index (κ1) is 11.0. The minimum atomic E-state index is -0.775. The third kappa shape index (κ3) is 1.92. The second-order valence-corrected chi connectivity index (χ2v) is 3.07. The molecule has 0 saturated carbocycles. The molecule has 0 amide bonds. The van der Waals surface area contributed by atoms with Crippen LogP contribution in [0.3, 0.4) is 0 Å². The van der Waals surface area contributed by atoms with Crippen LogP contribution in [0, 0.1) is 15.9 Å². The highest BCUT2D eigenvalue weighted by atomic mass is 19.1. The number of hydrogen-bond acceptors (Lipinski definition) is 5. The van der Waals surface area contributed by atoms with Crippen LogP contribution in [-0.4, -0.2) is 26.8 Å². The largest absolute Gasteiger partial charge is 0.490 e. The summed E-state index contributed by atoms with van der Waals surface area (Å²) in [6.45, 7) is 0. The van der Waals surface area contributed by atoms with Crippen LogP contribution in [0.5, 0.6) is 5.75 Å². The zero-order valence-electron chi connectivity index (χ0n) is 8.70. The standard InChI is InChI=1S/C9H7FN4O3/c1-17-9-3-7(13-5-11-4-12-13)6(10)2-8(9)14(15)16/h2-5H,1H3. The Morgan fingerprint density at radius 1 is 1.53 bits per heavy atom. The Balaban J connectivity index is 2.60. The van der Waals surface area contributed by atoms with Crippen molar-refractivity contribution in [1.82, 2.24) is 14.8 Å². The van der Waals surface area contributed by atoms with E-state index >= 15 is 0 Å². The fourth-order valence-corrected chi connectivity index (χ4v) is 1.35. The van der Waals surface area contributed by atoms with Crippen molar-refractivity contribution in [2.24, 2.45) is 0 Å². The van der Waals surface area contributed by atoms with Gasteiger partial charge in [0.2, 0.25) is 0 Å². The van der Waals surface area contributed by atoms with Crippen molar-refractivity contribution in [3.05, 3.63) is 40.7 Å². The van der Waals surface area contributed by atoms with Gasteiger partial charge in [-0.2, -0.15) is 5.10 Å². The third-order valence-electron chi connectivity index (χ3n) is 2.11. The summed E-state index contributed by atoms with van der Waals surface area (Å²) in [5.74, 6) is -0.815. The van der Waals surface area contributed by atoms with Crippen molar-refractivity contribution in [3.63, 3.8) is 0 Å². The van der Waals surface area contributed by atoms with E-state index in [2.05, 4.69) is 10.1 Å². The predicted octanol–water partition coefficient (Wildman–Crippen LogP) is 1.32. The molecule has 1 heterocycles. The molecule has 17 heavy (non-hydrogen) atoms. The zero-order chi connectivity index (χ0) is 12.4. The third-order valence-corrected chi connectivity index (χ3v) is 2.11. The van der Waals surface area contributed by atoms with E-state index in [1.54, 1.807) is 0 Å². The minimum absolute atomic E-state index is 0.0324. The van der Waals surface area contributed by atoms with Crippen LogP contribution in [0.25, 0.3) is 5.69 Å². The normalized spacial score (nSPS) is 10.2. The molecule has 2 rings (SSSR count). The Bertz CT molecular complexity index is 556. The Kier molecular flexibility index (Phi) is 2.69. The molecule has 0 aliphatic carbocycles. The number of rotatable bonds is 3. The van der Waals surface area contributed by atoms with Gasteiger partial charge in [0, 0.05) is 6.07 Å². The van der Waals surface area contributed by atoms with E-state index in [-0.39, 0.29) is 11.4 Å². The lowest BCUT2D eigenvalue weighted by atomic mass is 10.2. The average molecular weight is 238 g/mol. The predicted molar refractivity (Wildman–Crippen MR) is 54.5 cm³/mol. The lowest BCUT2D eigenvalue weighted by Gasteiger charge is -2.06. The summed E-state index contributed by atoms with van der Waals surface area (Å²) in [7, 11) is 1.27. The molecule has 2 aromatic rings. The van der Waals surface area contributed by atoms with Crippen LogP contribution in [0.1, 0.15) is 0 Å². The second kappa shape index (κ2) is 4.16. The Labute approximate surface area is 94.6 Å². The molecule has 7 nitrogen and oxygen atoms in total. The first-order valence-corrected chi connectivity index (χ1v) is 4.50. The number of hydrogen-bond donors (Lipinski definition) is 0. The molecule has 0 radical (unpaired) electrons. The van der Waals surface area contributed by atoms with E-state index in [0.29, 0.717) is 0 Å². The van der Waals surface area contributed by atoms with Crippen LogP contribution in [0.15, 0.2) is 24.8 Å². The van der Waals surface area contributed by atoms with Crippen molar-refractivity contribution < 1.29 is 14.1 Å². The van der Waals surface area contributed by atoms with Gasteiger partial charge in [-0.25, -0.2) is 14.1 Å². The quantitative estimate of drug-likeness (QED) is 0.594. The summed E-state index contributed by atoms with van der Waals surface area (Å²) >= 11 is 0. The summed E-state index contributed by atoms with van der Waals surface area (Å²) in [4.78, 5) is 13.6. The molecule has 1 aromatic heterocycles. The lowest BCUT2D eigenvalue weighted by molar-refractivity contribution is -0.385. The molecule has 0 aliphatic heterocycles. The van der Waals surface area contributed by atoms with E-state index in [1.807, 2.05) is 0 Å². The highest BCUT2D eigenvalue weighted by Crippen LogP contribution is 2.30. The Morgan fingerprint density at radius 2 is 2.29 bits per heavy atom. The molecule has 88 valence electrons. The van der Waals surface area contributed by atoms with E-state index in [9.17, 15) is 14.5 Å². The summed E-state index contributed by atoms with van der Waals surface area (Å²) in [5, 5.41) is 14.4. The topological polar surface area (TPSA) is 83.1 Å². The van der Waals surface area contributed by atoms with Gasteiger partial charge in [-0.05, 0) is 0 Å². The molecule has 1 aromatic carbocycles. The summed E-state index contributed by atoms with van der Waals surface area (Å²) in [6, 6.07) is 1.98. The van der Waals surface area contributed by atoms with Gasteiger partial charge in [-0.1, -0.05) is 0 Å². The van der Waals surface area contributed by atoms with E-state index in [0.717, 1.165) is 10.7 Å². The fourth-order valence-electron chi connectivity index (χ4n) is 1.35. The molecular weight excluding hydrogens is 231 g/mol. The molecular formula is C9H7FN4O3. The molecule has 0 aliphatic rings. The van der Waals surface area contributed by atoms with E-state index in [1.165, 1.54) is 25.8 Å². The molecule has 0 atom stereocenters. The van der Waals surface area contributed by atoms with Crippen LogP contribution in [0.4, 0.5) is 10.1 Å². The Hall–Kier alpha value is -2.51. The highest BCUT2D eigenvalue weighted by molar-refractivity contribution is 5.53. The Morgan fingerprint density at radius 3 is 2.82 bits per heavy atom. The van der Waals surface area contributed by atoms with E-state index < -0.39 is 16.4 Å². The maximum atomic E-state index is 13.6. The van der Waals surface area contributed by atoms with Crippen LogP contribution in [0.2, 0.25) is 0 Å². The van der Waals surface area contributed by atoms with Crippen molar-refractivity contribution in [2.75, 3.05) is 7.11 Å². The lowest BCUT2D eigenvalue weighted by Crippen LogP contribution is -2.02. The minimum Gasteiger partial charge on any atom is -0.490 e. The average Bonchev–Trinajstić information content (AvgIpc) is 2.82. The number of methoxy groups -OCH3 is 1. The van der Waals surface area contributed by atoms with Crippen LogP contribution >= 0.6 is 0 Å². The monoisotopic (exact) mass is 238 g/mol. The number of ether oxygens (including phenoxy) is 1. The number of nitrogens with zero attached hydrogens (tertiary/aromatic N) is 4. The first-order valence-electron chi connectivity index (χ1n) is 4.50. The molecule has 0 unspecified atom stereocenters. The smallest absolute Gasteiger partial charge is 0.313 e. The van der Waals surface area contributed by atoms with Gasteiger partial charge in [-0.3, -0.25) is 10.1 Å². The summed E-state index contributed by atoms with van der Waals surface area (Å²) in [5.41, 5.74) is -0.404. The second-order valence-electron chi connectivity index (χ2n) is 3.07. The van der Waals surface area contributed by atoms with Crippen molar-refractivity contribution >= 4 is 5.69 Å². The molecule has 0 fully saturated rings. The maximum absolute atomic E-state index is 13.6. The number of nitro groups is 1. The van der Waals surface area contributed by atoms with E-state index in [4.69, 9.17) is 4.74 Å². The number of halogens is 1. The van der Waals surface area contributed by atoms with Crippen molar-refractivity contribution in [2.45, 2.75) is 0 Å². The SMILES string of the molecule is COc1cc(-n2cncn2)c(F)cc1[N+](=O)[O-]. The molecule has 0 saturated heterocycles. The van der Waals surface area contributed by atoms with Gasteiger partial charge >= 0.3 is 5.69 Å². The van der Waals surface area contributed by atoms with Gasteiger partial charge in [0.15, 0.2) is 11.6 Å².